The third-order valence-electron chi connectivity index (χ3n) is 8.36. The van der Waals surface area contributed by atoms with Crippen molar-refractivity contribution in [2.75, 3.05) is 19.6 Å². The molecule has 3 heterocycles. The summed E-state index contributed by atoms with van der Waals surface area (Å²) >= 11 is 0. The van der Waals surface area contributed by atoms with Crippen LogP contribution in [0.2, 0.25) is 0 Å². The summed E-state index contributed by atoms with van der Waals surface area (Å²) in [6.45, 7) is 13.9. The number of carbonyl (C=O) groups excluding carboxylic acids is 2. The van der Waals surface area contributed by atoms with Crippen LogP contribution in [0, 0.1) is 26.7 Å². The maximum atomic E-state index is 13.7. The van der Waals surface area contributed by atoms with Gasteiger partial charge in [0.1, 0.15) is 11.6 Å². The van der Waals surface area contributed by atoms with Crippen molar-refractivity contribution in [2.24, 2.45) is 5.92 Å². The van der Waals surface area contributed by atoms with Gasteiger partial charge in [-0.25, -0.2) is 0 Å². The monoisotopic (exact) mass is 545 g/mol. The Labute approximate surface area is 233 Å². The second-order valence-corrected chi connectivity index (χ2v) is 11.3. The Kier molecular flexibility index (Phi) is 9.66. The van der Waals surface area contributed by atoms with Crippen LogP contribution in [-0.2, 0) is 9.59 Å². The van der Waals surface area contributed by atoms with E-state index in [1.54, 1.807) is 4.90 Å². The number of piperazine rings is 1. The maximum absolute atomic E-state index is 13.7. The largest absolute Gasteiger partial charge is 0.390 e. The van der Waals surface area contributed by atoms with Gasteiger partial charge < -0.3 is 15.3 Å². The van der Waals surface area contributed by atoms with Crippen LogP contribution < -0.4 is 5.32 Å². The Morgan fingerprint density at radius 1 is 1.11 bits per heavy atom. The number of nitrogens with zero attached hydrogens (tertiary/aromatic N) is 3. The molecule has 0 radical (unpaired) electrons. The Bertz CT molecular complexity index is 1090. The number of aromatic nitrogens is 2. The highest BCUT2D eigenvalue weighted by molar-refractivity contribution is 6.00. The fourth-order valence-electron chi connectivity index (χ4n) is 6.02. The number of aryl methyl sites for hydroxylation is 3. The van der Waals surface area contributed by atoms with E-state index in [0.29, 0.717) is 32.5 Å². The van der Waals surface area contributed by atoms with Crippen molar-refractivity contribution < 1.29 is 14.7 Å². The van der Waals surface area contributed by atoms with Crippen molar-refractivity contribution in [1.82, 2.24) is 25.3 Å². The Balaban J connectivity index is 0.00000400. The summed E-state index contributed by atoms with van der Waals surface area (Å²) in [5.74, 6) is -0.413. The first-order valence-corrected chi connectivity index (χ1v) is 13.7. The highest BCUT2D eigenvalue weighted by atomic mass is 35.5. The molecule has 2 fully saturated rings. The van der Waals surface area contributed by atoms with Gasteiger partial charge in [-0.2, -0.15) is 5.10 Å². The number of H-pyrrole nitrogens is 1. The molecule has 0 aliphatic carbocycles. The van der Waals surface area contributed by atoms with Gasteiger partial charge in [0.15, 0.2) is 0 Å². The molecule has 38 heavy (non-hydrogen) atoms. The van der Waals surface area contributed by atoms with Crippen LogP contribution in [0.25, 0.3) is 0 Å². The van der Waals surface area contributed by atoms with E-state index in [-0.39, 0.29) is 36.2 Å². The lowest BCUT2D eigenvalue weighted by molar-refractivity contribution is -0.165. The number of halogens is 1. The van der Waals surface area contributed by atoms with Gasteiger partial charge in [-0.3, -0.25) is 19.6 Å². The lowest BCUT2D eigenvalue weighted by atomic mass is 9.79. The van der Waals surface area contributed by atoms with Crippen LogP contribution in [0.3, 0.4) is 0 Å². The molecule has 1 aromatic carbocycles. The van der Waals surface area contributed by atoms with Crippen molar-refractivity contribution in [1.29, 1.82) is 0 Å². The summed E-state index contributed by atoms with van der Waals surface area (Å²) in [5, 5.41) is 21.3. The standard InChI is InChI=1S/C29H43N5O3.ClH/c1-7-8-15-34-27(36)24(26(35)18(2)3)30-28(37)29(34)13-16-33(17-14-29)25(22-11-9-19(4)10-12-22)23-20(5)31-32-21(23)6;/h9-12,18,24-26,35H,7-8,13-17H2,1-6H3,(H,30,37)(H,31,32);1H/t24-,25?,26-;/m1./s1. The Morgan fingerprint density at radius 3 is 2.26 bits per heavy atom. The number of nitrogens with one attached hydrogen (secondary N) is 2. The van der Waals surface area contributed by atoms with Crippen LogP contribution in [0.5, 0.6) is 0 Å². The Hall–Kier alpha value is -2.42. The predicted octanol–water partition coefficient (Wildman–Crippen LogP) is 3.82. The minimum Gasteiger partial charge on any atom is -0.390 e. The first-order valence-electron chi connectivity index (χ1n) is 13.7. The van der Waals surface area contributed by atoms with Crippen molar-refractivity contribution in [3.63, 3.8) is 0 Å². The molecule has 1 unspecified atom stereocenters. The lowest BCUT2D eigenvalue weighted by Crippen LogP contribution is -2.75. The van der Waals surface area contributed by atoms with Crippen LogP contribution >= 0.6 is 12.4 Å². The van der Waals surface area contributed by atoms with Crippen LogP contribution in [-0.4, -0.2) is 74.2 Å². The number of benzene rings is 1. The second-order valence-electron chi connectivity index (χ2n) is 11.3. The number of piperidine rings is 1. The average Bonchev–Trinajstić information content (AvgIpc) is 3.21. The normalized spacial score (nSPS) is 21.4. The molecule has 3 atom stereocenters. The van der Waals surface area contributed by atoms with E-state index in [2.05, 4.69) is 65.5 Å². The van der Waals surface area contributed by atoms with E-state index >= 15 is 0 Å². The summed E-state index contributed by atoms with van der Waals surface area (Å²) in [6.07, 6.45) is 1.96. The topological polar surface area (TPSA) is 102 Å². The van der Waals surface area contributed by atoms with E-state index in [1.165, 1.54) is 16.7 Å². The van der Waals surface area contributed by atoms with Crippen LogP contribution in [0.15, 0.2) is 24.3 Å². The number of rotatable bonds is 8. The minimum absolute atomic E-state index is 0. The minimum atomic E-state index is -0.907. The fraction of sp³-hybridized carbons (Fsp3) is 0.621. The number of carbonyl (C=O) groups is 2. The SMILES string of the molecule is CCCCN1C(=O)[C@@H]([C@H](O)C(C)C)NC(=O)C12CCN(C(c1ccc(C)cc1)c1c(C)n[nH]c1C)CC2.Cl. The van der Waals surface area contributed by atoms with Gasteiger partial charge in [-0.1, -0.05) is 57.0 Å². The number of hydrogen-bond donors (Lipinski definition) is 3. The van der Waals surface area contributed by atoms with E-state index in [1.807, 2.05) is 20.8 Å². The zero-order valence-electron chi connectivity index (χ0n) is 23.6. The van der Waals surface area contributed by atoms with Crippen molar-refractivity contribution in [2.45, 2.75) is 91.0 Å². The molecule has 2 aromatic rings. The van der Waals surface area contributed by atoms with E-state index < -0.39 is 17.7 Å². The zero-order chi connectivity index (χ0) is 26.9. The van der Waals surface area contributed by atoms with Crippen LogP contribution in [0.1, 0.15) is 80.6 Å². The number of hydrogen-bond acceptors (Lipinski definition) is 5. The molecule has 8 nitrogen and oxygen atoms in total. The summed E-state index contributed by atoms with van der Waals surface area (Å²) < 4.78 is 0. The number of aromatic amines is 1. The van der Waals surface area contributed by atoms with Gasteiger partial charge in [0.05, 0.1) is 17.8 Å². The molecule has 0 saturated carbocycles. The molecular weight excluding hydrogens is 502 g/mol. The van der Waals surface area contributed by atoms with Crippen LogP contribution in [0.4, 0.5) is 0 Å². The van der Waals surface area contributed by atoms with Gasteiger partial charge in [-0.05, 0) is 51.5 Å². The summed E-state index contributed by atoms with van der Waals surface area (Å²) in [4.78, 5) is 31.6. The fourth-order valence-corrected chi connectivity index (χ4v) is 6.02. The molecule has 9 heteroatoms. The Morgan fingerprint density at radius 2 is 1.74 bits per heavy atom. The smallest absolute Gasteiger partial charge is 0.248 e. The quantitative estimate of drug-likeness (QED) is 0.468. The van der Waals surface area contributed by atoms with Gasteiger partial charge in [-0.15, -0.1) is 12.4 Å². The molecule has 2 amide bonds. The molecule has 2 aliphatic heterocycles. The highest BCUT2D eigenvalue weighted by Gasteiger charge is 2.55. The molecular formula is C29H44ClN5O3. The number of aliphatic hydroxyl groups excluding tert-OH is 1. The summed E-state index contributed by atoms with van der Waals surface area (Å²) in [7, 11) is 0. The molecule has 3 N–H and O–H groups in total. The van der Waals surface area contributed by atoms with E-state index in [9.17, 15) is 14.7 Å². The molecule has 0 bridgehead atoms. The van der Waals surface area contributed by atoms with Gasteiger partial charge >= 0.3 is 0 Å². The molecule has 1 spiro atoms. The highest BCUT2D eigenvalue weighted by Crippen LogP contribution is 2.40. The molecule has 210 valence electrons. The van der Waals surface area contributed by atoms with Crippen molar-refractivity contribution in [3.05, 3.63) is 52.3 Å². The number of likely N-dealkylation sites (tertiary alicyclic amines) is 1. The van der Waals surface area contributed by atoms with Gasteiger partial charge in [0.2, 0.25) is 11.8 Å². The number of aliphatic hydroxyl groups is 1. The third kappa shape index (κ3) is 5.49. The van der Waals surface area contributed by atoms with Crippen molar-refractivity contribution in [3.8, 4) is 0 Å². The second kappa shape index (κ2) is 12.2. The van der Waals surface area contributed by atoms with E-state index in [0.717, 1.165) is 24.2 Å². The predicted molar refractivity (Wildman–Crippen MR) is 151 cm³/mol. The van der Waals surface area contributed by atoms with Gasteiger partial charge in [0, 0.05) is 30.9 Å². The summed E-state index contributed by atoms with van der Waals surface area (Å²) in [5.41, 5.74) is 4.72. The molecule has 4 rings (SSSR count). The molecule has 2 aliphatic rings. The molecule has 1 aromatic heterocycles. The summed E-state index contributed by atoms with van der Waals surface area (Å²) in [6, 6.07) is 7.76. The molecule has 2 saturated heterocycles. The number of amides is 2. The first kappa shape index (κ1) is 30.1. The third-order valence-corrected chi connectivity index (χ3v) is 8.36. The number of unbranched alkanes of at least 4 members (excludes halogenated alkanes) is 1. The van der Waals surface area contributed by atoms with Crippen molar-refractivity contribution >= 4 is 24.2 Å². The van der Waals surface area contributed by atoms with Gasteiger partial charge in [0.25, 0.3) is 0 Å². The maximum Gasteiger partial charge on any atom is 0.248 e. The lowest BCUT2D eigenvalue weighted by Gasteiger charge is -2.53. The zero-order valence-corrected chi connectivity index (χ0v) is 24.4. The first-order chi connectivity index (χ1) is 17.6. The van der Waals surface area contributed by atoms with E-state index in [4.69, 9.17) is 0 Å². The average molecular weight is 546 g/mol.